The molecule has 1 aromatic rings. The summed E-state index contributed by atoms with van der Waals surface area (Å²) in [5, 5.41) is 1.47. The Morgan fingerprint density at radius 2 is 2.00 bits per heavy atom. The molecule has 0 bridgehead atoms. The summed E-state index contributed by atoms with van der Waals surface area (Å²) >= 11 is 8.16. The van der Waals surface area contributed by atoms with Crippen LogP contribution >= 0.6 is 23.4 Å². The highest BCUT2D eigenvalue weighted by Gasteiger charge is 2.36. The Morgan fingerprint density at radius 1 is 1.23 bits per heavy atom. The molecule has 3 rings (SSSR count). The molecule has 2 fully saturated rings. The molecular weight excluding hydrogens is 312 g/mol. The highest BCUT2D eigenvalue weighted by molar-refractivity contribution is 7.99. The van der Waals surface area contributed by atoms with Gasteiger partial charge in [-0.15, -0.1) is 0 Å². The molecule has 2 aliphatic rings. The van der Waals surface area contributed by atoms with Gasteiger partial charge in [-0.1, -0.05) is 35.6 Å². The maximum absolute atomic E-state index is 6.15. The normalized spacial score (nSPS) is 26.1. The number of halogens is 1. The second-order valence-corrected chi connectivity index (χ2v) is 7.54. The van der Waals surface area contributed by atoms with E-state index in [-0.39, 0.29) is 0 Å². The zero-order valence-electron chi connectivity index (χ0n) is 13.1. The van der Waals surface area contributed by atoms with Gasteiger partial charge in [0.25, 0.3) is 0 Å². The molecular formula is C18H23ClN2S. The van der Waals surface area contributed by atoms with Crippen molar-refractivity contribution in [3.63, 3.8) is 0 Å². The number of likely N-dealkylation sites (tertiary alicyclic amines) is 2. The summed E-state index contributed by atoms with van der Waals surface area (Å²) in [5.41, 5.74) is 0.931. The van der Waals surface area contributed by atoms with E-state index in [9.17, 15) is 0 Å². The number of hydrogen-bond acceptors (Lipinski definition) is 3. The van der Waals surface area contributed by atoms with Gasteiger partial charge in [0, 0.05) is 29.9 Å². The van der Waals surface area contributed by atoms with Crippen LogP contribution in [0.15, 0.2) is 24.3 Å². The molecule has 2 nitrogen and oxygen atoms in total. The molecule has 2 saturated heterocycles. The summed E-state index contributed by atoms with van der Waals surface area (Å²) in [7, 11) is 0. The van der Waals surface area contributed by atoms with Crippen molar-refractivity contribution in [2.75, 3.05) is 39.0 Å². The van der Waals surface area contributed by atoms with Gasteiger partial charge in [0.05, 0.1) is 11.6 Å². The minimum atomic E-state index is 0.708. The van der Waals surface area contributed by atoms with Crippen LogP contribution in [0.1, 0.15) is 18.4 Å². The molecule has 0 amide bonds. The van der Waals surface area contributed by atoms with Gasteiger partial charge in [-0.3, -0.25) is 9.80 Å². The first-order chi connectivity index (χ1) is 10.8. The zero-order valence-corrected chi connectivity index (χ0v) is 14.7. The molecule has 4 heteroatoms. The lowest BCUT2D eigenvalue weighted by molar-refractivity contribution is 0.241. The lowest BCUT2D eigenvalue weighted by atomic mass is 10.2. The van der Waals surface area contributed by atoms with Crippen molar-refractivity contribution in [2.24, 2.45) is 0 Å². The van der Waals surface area contributed by atoms with Crippen molar-refractivity contribution in [1.82, 2.24) is 9.80 Å². The molecule has 118 valence electrons. The van der Waals surface area contributed by atoms with Crippen LogP contribution in [0, 0.1) is 11.8 Å². The third kappa shape index (κ3) is 3.81. The second-order valence-electron chi connectivity index (χ2n) is 6.06. The summed E-state index contributed by atoms with van der Waals surface area (Å²) in [6.07, 6.45) is 4.97. The third-order valence-electron chi connectivity index (χ3n) is 4.62. The van der Waals surface area contributed by atoms with Gasteiger partial charge in [-0.05, 0) is 44.3 Å². The molecule has 0 N–H and O–H groups in total. The first-order valence-electron chi connectivity index (χ1n) is 8.00. The predicted octanol–water partition coefficient (Wildman–Crippen LogP) is 3.20. The van der Waals surface area contributed by atoms with Crippen molar-refractivity contribution in [2.45, 2.75) is 24.1 Å². The first-order valence-corrected chi connectivity index (χ1v) is 9.67. The molecule has 0 radical (unpaired) electrons. The van der Waals surface area contributed by atoms with Crippen LogP contribution in [0.5, 0.6) is 0 Å². The van der Waals surface area contributed by atoms with E-state index in [1.807, 2.05) is 36.0 Å². The largest absolute Gasteiger partial charge is 0.298 e. The number of thioether (sulfide) groups is 1. The summed E-state index contributed by atoms with van der Waals surface area (Å²) < 4.78 is 0. The van der Waals surface area contributed by atoms with Gasteiger partial charge in [0.2, 0.25) is 0 Å². The van der Waals surface area contributed by atoms with Crippen LogP contribution in [0.25, 0.3) is 0 Å². The number of nitrogens with zero attached hydrogens (tertiary/aromatic N) is 2. The van der Waals surface area contributed by atoms with Crippen molar-refractivity contribution in [3.8, 4) is 11.8 Å². The smallest absolute Gasteiger partial charge is 0.0606 e. The van der Waals surface area contributed by atoms with Crippen LogP contribution in [-0.2, 0) is 0 Å². The Morgan fingerprint density at radius 3 is 2.73 bits per heavy atom. The highest BCUT2D eigenvalue weighted by Crippen LogP contribution is 2.27. The van der Waals surface area contributed by atoms with E-state index in [0.717, 1.165) is 35.5 Å². The second kappa shape index (κ2) is 7.75. The van der Waals surface area contributed by atoms with Gasteiger partial charge in [-0.25, -0.2) is 0 Å². The van der Waals surface area contributed by atoms with Crippen LogP contribution < -0.4 is 0 Å². The summed E-state index contributed by atoms with van der Waals surface area (Å²) in [4.78, 5) is 5.18. The van der Waals surface area contributed by atoms with Crippen molar-refractivity contribution < 1.29 is 0 Å². The average molecular weight is 335 g/mol. The summed E-state index contributed by atoms with van der Waals surface area (Å²) in [6.45, 7) is 5.70. The summed E-state index contributed by atoms with van der Waals surface area (Å²) in [5.74, 6) is 6.52. The quantitative estimate of drug-likeness (QED) is 0.784. The van der Waals surface area contributed by atoms with E-state index in [1.165, 1.54) is 25.9 Å². The number of benzene rings is 1. The van der Waals surface area contributed by atoms with E-state index >= 15 is 0 Å². The third-order valence-corrected chi connectivity index (χ3v) is 6.02. The van der Waals surface area contributed by atoms with E-state index in [0.29, 0.717) is 6.04 Å². The van der Waals surface area contributed by atoms with Crippen LogP contribution in [0.2, 0.25) is 5.02 Å². The van der Waals surface area contributed by atoms with Crippen molar-refractivity contribution >= 4 is 23.4 Å². The SMILES string of the molecule is CSC1CN(CC#Cc2ccccc2Cl)CC1N1CCCC1. The van der Waals surface area contributed by atoms with Crippen molar-refractivity contribution in [3.05, 3.63) is 34.9 Å². The van der Waals surface area contributed by atoms with Crippen LogP contribution in [0.3, 0.4) is 0 Å². The van der Waals surface area contributed by atoms with Crippen LogP contribution in [-0.4, -0.2) is 60.1 Å². The number of rotatable bonds is 3. The first kappa shape index (κ1) is 16.2. The van der Waals surface area contributed by atoms with Gasteiger partial charge >= 0.3 is 0 Å². The Hall–Kier alpha value is -0.660. The molecule has 0 spiro atoms. The minimum absolute atomic E-state index is 0.708. The molecule has 2 atom stereocenters. The van der Waals surface area contributed by atoms with Gasteiger partial charge in [0.15, 0.2) is 0 Å². The Bertz CT molecular complexity index is 560. The fourth-order valence-corrected chi connectivity index (χ4v) is 4.54. The molecule has 0 saturated carbocycles. The maximum atomic E-state index is 6.15. The maximum Gasteiger partial charge on any atom is 0.0606 e. The van der Waals surface area contributed by atoms with Crippen molar-refractivity contribution in [1.29, 1.82) is 0 Å². The van der Waals surface area contributed by atoms with Crippen LogP contribution in [0.4, 0.5) is 0 Å². The fraction of sp³-hybridized carbons (Fsp3) is 0.556. The Kier molecular flexibility index (Phi) is 5.71. The zero-order chi connectivity index (χ0) is 15.4. The van der Waals surface area contributed by atoms with Gasteiger partial charge in [0.1, 0.15) is 0 Å². The van der Waals surface area contributed by atoms with E-state index in [1.54, 1.807) is 0 Å². The Labute approximate surface area is 143 Å². The molecule has 2 heterocycles. The van der Waals surface area contributed by atoms with E-state index in [2.05, 4.69) is 27.9 Å². The fourth-order valence-electron chi connectivity index (χ4n) is 3.43. The van der Waals surface area contributed by atoms with E-state index < -0.39 is 0 Å². The Balaban J connectivity index is 1.59. The monoisotopic (exact) mass is 334 g/mol. The molecule has 2 aliphatic heterocycles. The lowest BCUT2D eigenvalue weighted by Crippen LogP contribution is -2.40. The van der Waals surface area contributed by atoms with E-state index in [4.69, 9.17) is 11.6 Å². The topological polar surface area (TPSA) is 6.48 Å². The number of hydrogen-bond donors (Lipinski definition) is 0. The molecule has 2 unspecified atom stereocenters. The minimum Gasteiger partial charge on any atom is -0.298 e. The van der Waals surface area contributed by atoms with Gasteiger partial charge < -0.3 is 0 Å². The predicted molar refractivity (Wildman–Crippen MR) is 96.7 cm³/mol. The lowest BCUT2D eigenvalue weighted by Gasteiger charge is -2.27. The standard InChI is InChI=1S/C18H23ClN2S/c1-22-18-14-20(13-17(18)21-11-4-5-12-21)10-6-8-15-7-2-3-9-16(15)19/h2-3,7,9,17-18H,4-5,10-14H2,1H3. The highest BCUT2D eigenvalue weighted by atomic mass is 35.5. The van der Waals surface area contributed by atoms with Gasteiger partial charge in [-0.2, -0.15) is 11.8 Å². The summed E-state index contributed by atoms with van der Waals surface area (Å²) in [6, 6.07) is 8.52. The molecule has 0 aliphatic carbocycles. The molecule has 22 heavy (non-hydrogen) atoms. The average Bonchev–Trinajstić information content (AvgIpc) is 3.17. The molecule has 0 aromatic heterocycles. The molecule has 1 aromatic carbocycles.